The lowest BCUT2D eigenvalue weighted by atomic mass is 9.96. The van der Waals surface area contributed by atoms with Gasteiger partial charge in [0.25, 0.3) is 0 Å². The van der Waals surface area contributed by atoms with E-state index in [2.05, 4.69) is 46.6 Å². The van der Waals surface area contributed by atoms with E-state index in [-0.39, 0.29) is 0 Å². The number of hydrogen-bond acceptors (Lipinski definition) is 4. The van der Waals surface area contributed by atoms with Crippen molar-refractivity contribution in [2.24, 2.45) is 5.92 Å². The van der Waals surface area contributed by atoms with Crippen LogP contribution in [0.3, 0.4) is 0 Å². The molecule has 2 aromatic heterocycles. The lowest BCUT2D eigenvalue weighted by Crippen LogP contribution is -2.37. The Kier molecular flexibility index (Phi) is 4.88. The summed E-state index contributed by atoms with van der Waals surface area (Å²) in [6.07, 6.45) is 4.68. The predicted molar refractivity (Wildman–Crippen MR) is 90.9 cm³/mol. The molecule has 114 valence electrons. The number of likely N-dealkylation sites (tertiary alicyclic amines) is 1. The molecule has 0 spiro atoms. The van der Waals surface area contributed by atoms with Crippen molar-refractivity contribution in [1.29, 1.82) is 0 Å². The average molecular weight is 303 g/mol. The number of rotatable bonds is 5. The molecule has 0 aromatic carbocycles. The topological polar surface area (TPSA) is 28.2 Å². The highest BCUT2D eigenvalue weighted by Gasteiger charge is 2.18. The normalized spacial score (nSPS) is 19.1. The van der Waals surface area contributed by atoms with Crippen LogP contribution in [-0.4, -0.2) is 36.1 Å². The van der Waals surface area contributed by atoms with Gasteiger partial charge >= 0.3 is 0 Å². The van der Waals surface area contributed by atoms with E-state index >= 15 is 0 Å². The van der Waals surface area contributed by atoms with Crippen molar-refractivity contribution in [3.8, 4) is 0 Å². The maximum absolute atomic E-state index is 4.54. The number of nitrogens with one attached hydrogen (secondary N) is 1. The van der Waals surface area contributed by atoms with Crippen molar-refractivity contribution >= 4 is 21.6 Å². The third-order valence-corrected chi connectivity index (χ3v) is 5.54. The Morgan fingerprint density at radius 1 is 1.43 bits per heavy atom. The van der Waals surface area contributed by atoms with E-state index in [1.807, 2.05) is 6.20 Å². The fourth-order valence-electron chi connectivity index (χ4n) is 3.07. The first kappa shape index (κ1) is 14.9. The third kappa shape index (κ3) is 3.62. The van der Waals surface area contributed by atoms with Gasteiger partial charge in [-0.3, -0.25) is 4.98 Å². The lowest BCUT2D eigenvalue weighted by molar-refractivity contribution is 0.188. The zero-order chi connectivity index (χ0) is 14.7. The highest BCUT2D eigenvalue weighted by molar-refractivity contribution is 7.17. The molecular formula is C17H25N3S. The summed E-state index contributed by atoms with van der Waals surface area (Å²) >= 11 is 1.77. The highest BCUT2D eigenvalue weighted by atomic mass is 32.1. The summed E-state index contributed by atoms with van der Waals surface area (Å²) in [5.41, 5.74) is 2.42. The molecule has 3 rings (SSSR count). The van der Waals surface area contributed by atoms with Gasteiger partial charge in [-0.1, -0.05) is 6.92 Å². The summed E-state index contributed by atoms with van der Waals surface area (Å²) in [5.74, 6) is 0.827. The molecule has 2 aromatic rings. The fraction of sp³-hybridized carbons (Fsp3) is 0.588. The summed E-state index contributed by atoms with van der Waals surface area (Å²) in [6, 6.07) is 4.75. The molecule has 1 aliphatic heterocycles. The van der Waals surface area contributed by atoms with E-state index in [1.165, 1.54) is 42.7 Å². The molecule has 0 amide bonds. The summed E-state index contributed by atoms with van der Waals surface area (Å²) < 4.78 is 1.29. The Hall–Kier alpha value is -0.970. The van der Waals surface area contributed by atoms with Gasteiger partial charge in [0.05, 0.1) is 10.2 Å². The SMILES string of the molecule is CCN1CCC(CNC(C)c2cnc3ccsc3c2)CC1. The van der Waals surface area contributed by atoms with Gasteiger partial charge in [0, 0.05) is 12.2 Å². The van der Waals surface area contributed by atoms with Gasteiger partial charge in [-0.15, -0.1) is 11.3 Å². The minimum Gasteiger partial charge on any atom is -0.310 e. The number of thiophene rings is 1. The average Bonchev–Trinajstić information content (AvgIpc) is 3.00. The van der Waals surface area contributed by atoms with E-state index in [4.69, 9.17) is 0 Å². The van der Waals surface area contributed by atoms with Crippen LogP contribution in [0.25, 0.3) is 10.2 Å². The first-order valence-electron chi connectivity index (χ1n) is 8.05. The summed E-state index contributed by atoms with van der Waals surface area (Å²) in [6.45, 7) is 9.36. The molecule has 3 heterocycles. The largest absolute Gasteiger partial charge is 0.310 e. The number of fused-ring (bicyclic) bond motifs is 1. The standard InChI is InChI=1S/C17H25N3S/c1-3-20-7-4-14(5-8-20)11-18-13(2)15-10-17-16(19-12-15)6-9-21-17/h6,9-10,12-14,18H,3-5,7-8,11H2,1-2H3. The third-order valence-electron chi connectivity index (χ3n) is 4.69. The smallest absolute Gasteiger partial charge is 0.0809 e. The monoisotopic (exact) mass is 303 g/mol. The molecule has 1 atom stereocenters. The second-order valence-electron chi connectivity index (χ2n) is 6.08. The van der Waals surface area contributed by atoms with Crippen LogP contribution in [0.1, 0.15) is 38.3 Å². The molecule has 1 unspecified atom stereocenters. The summed E-state index contributed by atoms with van der Waals surface area (Å²) in [5, 5.41) is 5.82. The molecule has 1 saturated heterocycles. The molecule has 4 heteroatoms. The fourth-order valence-corrected chi connectivity index (χ4v) is 3.86. The zero-order valence-corrected chi connectivity index (χ0v) is 13.8. The van der Waals surface area contributed by atoms with Crippen LogP contribution >= 0.6 is 11.3 Å². The number of nitrogens with zero attached hydrogens (tertiary/aromatic N) is 2. The molecule has 1 aliphatic rings. The molecule has 1 N–H and O–H groups in total. The summed E-state index contributed by atoms with van der Waals surface area (Å²) in [4.78, 5) is 7.09. The van der Waals surface area contributed by atoms with Crippen LogP contribution in [0, 0.1) is 5.92 Å². The second-order valence-corrected chi connectivity index (χ2v) is 7.03. The molecule has 0 aliphatic carbocycles. The Balaban J connectivity index is 1.53. The predicted octanol–water partition coefficient (Wildman–Crippen LogP) is 3.68. The van der Waals surface area contributed by atoms with Crippen molar-refractivity contribution in [2.45, 2.75) is 32.7 Å². The highest BCUT2D eigenvalue weighted by Crippen LogP contribution is 2.23. The van der Waals surface area contributed by atoms with Crippen LogP contribution in [0.4, 0.5) is 0 Å². The van der Waals surface area contributed by atoms with E-state index in [0.717, 1.165) is 18.0 Å². The van der Waals surface area contributed by atoms with Crippen molar-refractivity contribution in [3.63, 3.8) is 0 Å². The van der Waals surface area contributed by atoms with Crippen molar-refractivity contribution < 1.29 is 0 Å². The number of hydrogen-bond donors (Lipinski definition) is 1. The molecular weight excluding hydrogens is 278 g/mol. The number of piperidine rings is 1. The number of pyridine rings is 1. The van der Waals surface area contributed by atoms with Gasteiger partial charge < -0.3 is 10.2 Å². The van der Waals surface area contributed by atoms with Crippen molar-refractivity contribution in [3.05, 3.63) is 29.3 Å². The van der Waals surface area contributed by atoms with Gasteiger partial charge in [0.1, 0.15) is 0 Å². The minimum atomic E-state index is 0.383. The van der Waals surface area contributed by atoms with Crippen LogP contribution in [0.15, 0.2) is 23.7 Å². The minimum absolute atomic E-state index is 0.383. The molecule has 3 nitrogen and oxygen atoms in total. The lowest BCUT2D eigenvalue weighted by Gasteiger charge is -2.31. The zero-order valence-electron chi connectivity index (χ0n) is 13.0. The van der Waals surface area contributed by atoms with Crippen molar-refractivity contribution in [1.82, 2.24) is 15.2 Å². The maximum Gasteiger partial charge on any atom is 0.0809 e. The van der Waals surface area contributed by atoms with Gasteiger partial charge in [-0.05, 0) is 74.9 Å². The Labute approximate surface area is 131 Å². The molecule has 0 saturated carbocycles. The van der Waals surface area contributed by atoms with E-state index in [9.17, 15) is 0 Å². The maximum atomic E-state index is 4.54. The Morgan fingerprint density at radius 2 is 2.24 bits per heavy atom. The van der Waals surface area contributed by atoms with Gasteiger partial charge in [0.15, 0.2) is 0 Å². The van der Waals surface area contributed by atoms with Crippen LogP contribution < -0.4 is 5.32 Å². The van der Waals surface area contributed by atoms with Gasteiger partial charge in [0.2, 0.25) is 0 Å². The van der Waals surface area contributed by atoms with E-state index < -0.39 is 0 Å². The Bertz CT molecular complexity index is 572. The first-order chi connectivity index (χ1) is 10.3. The first-order valence-corrected chi connectivity index (χ1v) is 8.93. The van der Waals surface area contributed by atoms with Crippen LogP contribution in [0.5, 0.6) is 0 Å². The number of aromatic nitrogens is 1. The van der Waals surface area contributed by atoms with E-state index in [1.54, 1.807) is 11.3 Å². The molecule has 0 bridgehead atoms. The second kappa shape index (κ2) is 6.86. The van der Waals surface area contributed by atoms with E-state index in [0.29, 0.717) is 6.04 Å². The Morgan fingerprint density at radius 3 is 3.00 bits per heavy atom. The molecule has 21 heavy (non-hydrogen) atoms. The summed E-state index contributed by atoms with van der Waals surface area (Å²) in [7, 11) is 0. The van der Waals surface area contributed by atoms with Crippen LogP contribution in [-0.2, 0) is 0 Å². The van der Waals surface area contributed by atoms with Gasteiger partial charge in [-0.2, -0.15) is 0 Å². The quantitative estimate of drug-likeness (QED) is 0.913. The van der Waals surface area contributed by atoms with Crippen molar-refractivity contribution in [2.75, 3.05) is 26.2 Å². The van der Waals surface area contributed by atoms with Crippen LogP contribution in [0.2, 0.25) is 0 Å². The molecule has 1 fully saturated rings. The van der Waals surface area contributed by atoms with Gasteiger partial charge in [-0.25, -0.2) is 0 Å². The molecule has 0 radical (unpaired) electrons.